The number of hydrogen-bond donors (Lipinski definition) is 0. The van der Waals surface area contributed by atoms with Crippen molar-refractivity contribution in [2.45, 2.75) is 13.0 Å². The molecule has 2 heterocycles. The van der Waals surface area contributed by atoms with Gasteiger partial charge in [0.15, 0.2) is 0 Å². The lowest BCUT2D eigenvalue weighted by Gasteiger charge is -1.96. The van der Waals surface area contributed by atoms with E-state index in [0.717, 1.165) is 0 Å². The first-order valence-corrected chi connectivity index (χ1v) is 3.74. The van der Waals surface area contributed by atoms with Crippen LogP contribution in [0.4, 0.5) is 0 Å². The van der Waals surface area contributed by atoms with E-state index in [2.05, 4.69) is 0 Å². The van der Waals surface area contributed by atoms with Crippen LogP contribution in [0.25, 0.3) is 5.57 Å². The van der Waals surface area contributed by atoms with Gasteiger partial charge in [-0.3, -0.25) is 0 Å². The van der Waals surface area contributed by atoms with Crippen LogP contribution < -0.4 is 0 Å². The first kappa shape index (κ1) is 7.16. The van der Waals surface area contributed by atoms with Crippen molar-refractivity contribution in [2.75, 3.05) is 0 Å². The molecule has 1 aliphatic rings. The van der Waals surface area contributed by atoms with Crippen LogP contribution in [-0.2, 0) is 9.53 Å². The summed E-state index contributed by atoms with van der Waals surface area (Å²) in [5, 5.41) is 0. The third-order valence-corrected chi connectivity index (χ3v) is 1.70. The Bertz CT molecular complexity index is 322. The van der Waals surface area contributed by atoms with Crippen LogP contribution in [0, 0.1) is 0 Å². The lowest BCUT2D eigenvalue weighted by molar-refractivity contribution is -0.137. The summed E-state index contributed by atoms with van der Waals surface area (Å²) >= 11 is 0. The second kappa shape index (κ2) is 2.52. The Kier molecular flexibility index (Phi) is 1.50. The molecule has 1 atom stereocenters. The molecule has 0 bridgehead atoms. The average Bonchev–Trinajstić information content (AvgIpc) is 2.58. The van der Waals surface area contributed by atoms with Gasteiger partial charge in [0.1, 0.15) is 17.4 Å². The SMILES string of the molecule is CC1C=C(c2ccco2)C(=O)O1. The smallest absolute Gasteiger partial charge is 0.342 e. The molecule has 0 saturated carbocycles. The average molecular weight is 164 g/mol. The topological polar surface area (TPSA) is 39.4 Å². The lowest BCUT2D eigenvalue weighted by Crippen LogP contribution is -2.02. The van der Waals surface area contributed by atoms with E-state index in [4.69, 9.17) is 9.15 Å². The number of ether oxygens (including phenoxy) is 1. The van der Waals surface area contributed by atoms with Crippen LogP contribution in [0.15, 0.2) is 28.9 Å². The fourth-order valence-corrected chi connectivity index (χ4v) is 1.18. The number of carbonyl (C=O) groups excluding carboxylic acids is 1. The zero-order valence-electron chi connectivity index (χ0n) is 6.61. The van der Waals surface area contributed by atoms with Gasteiger partial charge in [-0.2, -0.15) is 0 Å². The minimum atomic E-state index is -0.308. The fraction of sp³-hybridized carbons (Fsp3) is 0.222. The molecule has 3 nitrogen and oxygen atoms in total. The zero-order chi connectivity index (χ0) is 8.55. The van der Waals surface area contributed by atoms with E-state index in [9.17, 15) is 4.79 Å². The van der Waals surface area contributed by atoms with Crippen LogP contribution in [0.1, 0.15) is 12.7 Å². The Hall–Kier alpha value is -1.51. The van der Waals surface area contributed by atoms with Crippen molar-refractivity contribution in [3.05, 3.63) is 30.2 Å². The summed E-state index contributed by atoms with van der Waals surface area (Å²) in [6.45, 7) is 1.81. The largest absolute Gasteiger partial charge is 0.464 e. The quantitative estimate of drug-likeness (QED) is 0.592. The van der Waals surface area contributed by atoms with E-state index in [1.54, 1.807) is 18.2 Å². The van der Waals surface area contributed by atoms with Crippen LogP contribution >= 0.6 is 0 Å². The summed E-state index contributed by atoms with van der Waals surface area (Å²) in [4.78, 5) is 11.1. The van der Waals surface area contributed by atoms with Crippen molar-refractivity contribution in [1.29, 1.82) is 0 Å². The Morgan fingerprint density at radius 2 is 2.33 bits per heavy atom. The van der Waals surface area contributed by atoms with Crippen LogP contribution in [0.3, 0.4) is 0 Å². The number of cyclic esters (lactones) is 1. The van der Waals surface area contributed by atoms with Gasteiger partial charge in [0.25, 0.3) is 0 Å². The maximum Gasteiger partial charge on any atom is 0.342 e. The summed E-state index contributed by atoms with van der Waals surface area (Å²) in [7, 11) is 0. The maximum atomic E-state index is 11.1. The molecular formula is C9H8O3. The van der Waals surface area contributed by atoms with E-state index < -0.39 is 0 Å². The zero-order valence-corrected chi connectivity index (χ0v) is 6.61. The molecule has 0 aromatic carbocycles. The van der Waals surface area contributed by atoms with Crippen molar-refractivity contribution < 1.29 is 13.9 Å². The number of hydrogen-bond acceptors (Lipinski definition) is 3. The molecule has 0 radical (unpaired) electrons. The van der Waals surface area contributed by atoms with Gasteiger partial charge in [-0.05, 0) is 25.1 Å². The predicted octanol–water partition coefficient (Wildman–Crippen LogP) is 1.61. The van der Waals surface area contributed by atoms with Crippen molar-refractivity contribution in [3.8, 4) is 0 Å². The van der Waals surface area contributed by atoms with Gasteiger partial charge in [-0.1, -0.05) is 0 Å². The number of rotatable bonds is 1. The molecule has 62 valence electrons. The molecule has 1 aromatic heterocycles. The summed E-state index contributed by atoms with van der Waals surface area (Å²) in [6, 6.07) is 3.48. The Balaban J connectivity index is 2.36. The van der Waals surface area contributed by atoms with Crippen LogP contribution in [0.5, 0.6) is 0 Å². The Morgan fingerprint density at radius 3 is 2.83 bits per heavy atom. The van der Waals surface area contributed by atoms with E-state index >= 15 is 0 Å². The molecule has 0 spiro atoms. The molecule has 0 saturated heterocycles. The van der Waals surface area contributed by atoms with Gasteiger partial charge in [0.05, 0.1) is 6.26 Å². The summed E-state index contributed by atoms with van der Waals surface area (Å²) < 4.78 is 9.97. The number of furan rings is 1. The number of carbonyl (C=O) groups is 1. The molecular weight excluding hydrogens is 156 g/mol. The van der Waals surface area contributed by atoms with Gasteiger partial charge < -0.3 is 9.15 Å². The third-order valence-electron chi connectivity index (χ3n) is 1.70. The van der Waals surface area contributed by atoms with E-state index in [0.29, 0.717) is 11.3 Å². The highest BCUT2D eigenvalue weighted by Gasteiger charge is 2.25. The van der Waals surface area contributed by atoms with Gasteiger partial charge >= 0.3 is 5.97 Å². The van der Waals surface area contributed by atoms with Gasteiger partial charge in [0.2, 0.25) is 0 Å². The minimum Gasteiger partial charge on any atom is -0.464 e. The first-order valence-electron chi connectivity index (χ1n) is 3.74. The van der Waals surface area contributed by atoms with E-state index in [1.165, 1.54) is 6.26 Å². The molecule has 0 amide bonds. The maximum absolute atomic E-state index is 11.1. The molecule has 1 aliphatic heterocycles. The minimum absolute atomic E-state index is 0.141. The summed E-state index contributed by atoms with van der Waals surface area (Å²) in [6.07, 6.45) is 3.14. The molecule has 0 aliphatic carbocycles. The third kappa shape index (κ3) is 1.03. The lowest BCUT2D eigenvalue weighted by atomic mass is 10.2. The second-order valence-corrected chi connectivity index (χ2v) is 2.67. The summed E-state index contributed by atoms with van der Waals surface area (Å²) in [5.74, 6) is 0.266. The fourth-order valence-electron chi connectivity index (χ4n) is 1.18. The van der Waals surface area contributed by atoms with Crippen molar-refractivity contribution in [3.63, 3.8) is 0 Å². The van der Waals surface area contributed by atoms with E-state index in [1.807, 2.05) is 6.92 Å². The predicted molar refractivity (Wildman–Crippen MR) is 42.2 cm³/mol. The highest BCUT2D eigenvalue weighted by Crippen LogP contribution is 2.23. The van der Waals surface area contributed by atoms with Crippen LogP contribution in [-0.4, -0.2) is 12.1 Å². The monoisotopic (exact) mass is 164 g/mol. The Labute approximate surface area is 69.6 Å². The van der Waals surface area contributed by atoms with Crippen molar-refractivity contribution in [2.24, 2.45) is 0 Å². The van der Waals surface area contributed by atoms with Crippen LogP contribution in [0.2, 0.25) is 0 Å². The number of esters is 1. The molecule has 12 heavy (non-hydrogen) atoms. The van der Waals surface area contributed by atoms with Crippen molar-refractivity contribution >= 4 is 11.5 Å². The first-order chi connectivity index (χ1) is 5.77. The normalized spacial score (nSPS) is 22.2. The highest BCUT2D eigenvalue weighted by molar-refractivity contribution is 6.17. The molecule has 1 aromatic rings. The molecule has 2 rings (SSSR count). The van der Waals surface area contributed by atoms with E-state index in [-0.39, 0.29) is 12.1 Å². The summed E-state index contributed by atoms with van der Waals surface area (Å²) in [5.41, 5.74) is 0.521. The Morgan fingerprint density at radius 1 is 1.50 bits per heavy atom. The molecule has 1 unspecified atom stereocenters. The molecule has 0 N–H and O–H groups in total. The molecule has 3 heteroatoms. The second-order valence-electron chi connectivity index (χ2n) is 2.67. The van der Waals surface area contributed by atoms with Gasteiger partial charge in [-0.15, -0.1) is 0 Å². The standard InChI is InChI=1S/C9H8O3/c1-6-5-7(9(10)12-6)8-3-2-4-11-8/h2-6H,1H3. The van der Waals surface area contributed by atoms with Gasteiger partial charge in [-0.25, -0.2) is 4.79 Å². The van der Waals surface area contributed by atoms with Crippen molar-refractivity contribution in [1.82, 2.24) is 0 Å². The highest BCUT2D eigenvalue weighted by atomic mass is 16.5. The molecule has 0 fully saturated rings. The van der Waals surface area contributed by atoms with Gasteiger partial charge in [0, 0.05) is 0 Å².